The third-order valence-electron chi connectivity index (χ3n) is 3.46. The fraction of sp³-hybridized carbons (Fsp3) is 0.706. The number of aromatic nitrogens is 1. The molecule has 0 aliphatic heterocycles. The molecule has 0 saturated heterocycles. The minimum atomic E-state index is -0.967. The van der Waals surface area contributed by atoms with Crippen LogP contribution in [-0.4, -0.2) is 24.7 Å². The maximum Gasteiger partial charge on any atom is 0.0267 e. The molecule has 0 saturated carbocycles. The van der Waals surface area contributed by atoms with Gasteiger partial charge in [0.05, 0.1) is 0 Å². The third-order valence-corrected chi connectivity index (χ3v) is 14.0. The molecule has 1 heterocycles. The second kappa shape index (κ2) is 16.0. The van der Waals surface area contributed by atoms with Crippen molar-refractivity contribution in [3.8, 4) is 0 Å². The summed E-state index contributed by atoms with van der Waals surface area (Å²) in [6, 6.07) is 5.72. The Morgan fingerprint density at radius 2 is 1.11 bits per heavy atom. The number of unbranched alkanes of at least 4 members (excludes halogenated alkanes) is 3. The van der Waals surface area contributed by atoms with Crippen LogP contribution in [0.3, 0.4) is 0 Å². The predicted molar refractivity (Wildman–Crippen MR) is 90.5 cm³/mol. The molecule has 0 aromatic carbocycles. The van der Waals surface area contributed by atoms with Crippen molar-refractivity contribution < 1.29 is 0 Å². The summed E-state index contributed by atoms with van der Waals surface area (Å²) in [7, 11) is 0. The molecule has 19 heavy (non-hydrogen) atoms. The van der Waals surface area contributed by atoms with Gasteiger partial charge >= 0.3 is 92.4 Å². The average Bonchev–Trinajstić information content (AvgIpc) is 2.49. The van der Waals surface area contributed by atoms with Gasteiger partial charge in [-0.15, -0.1) is 0 Å². The van der Waals surface area contributed by atoms with Crippen molar-refractivity contribution in [2.45, 2.75) is 72.6 Å². The Kier molecular flexibility index (Phi) is 16.0. The van der Waals surface area contributed by atoms with E-state index >= 15 is 0 Å². The molecule has 1 nitrogen and oxygen atoms in total. The number of nitrogens with zero attached hydrogens (tertiary/aromatic N) is 1. The number of pyridine rings is 1. The van der Waals surface area contributed by atoms with Crippen LogP contribution in [0, 0.1) is 0 Å². The van der Waals surface area contributed by atoms with Crippen LogP contribution in [0.15, 0.2) is 30.6 Å². The maximum atomic E-state index is 3.78. The molecule has 110 valence electrons. The molecule has 0 spiro atoms. The first-order valence-electron chi connectivity index (χ1n) is 8.20. The minimum Gasteiger partial charge on any atom is -0.265 e. The van der Waals surface area contributed by atoms with Crippen molar-refractivity contribution in [1.29, 1.82) is 0 Å². The smallest absolute Gasteiger partial charge is 0.0267 e. The first-order chi connectivity index (χ1) is 9.35. The van der Waals surface area contributed by atoms with Gasteiger partial charge in [-0.3, -0.25) is 4.98 Å². The Hall–Kier alpha value is -0.0513. The van der Waals surface area contributed by atoms with Crippen molar-refractivity contribution in [2.75, 3.05) is 0 Å². The van der Waals surface area contributed by atoms with E-state index in [1.54, 1.807) is 25.7 Å². The van der Waals surface area contributed by atoms with Gasteiger partial charge in [0.15, 0.2) is 0 Å². The zero-order valence-corrected chi connectivity index (χ0v) is 16.6. The van der Waals surface area contributed by atoms with E-state index in [9.17, 15) is 0 Å². The van der Waals surface area contributed by atoms with Crippen LogP contribution in [-0.2, 0) is 0 Å². The number of rotatable bonds is 9. The summed E-state index contributed by atoms with van der Waals surface area (Å²) < 4.78 is 5.08. The fourth-order valence-electron chi connectivity index (χ4n) is 2.22. The van der Waals surface area contributed by atoms with Gasteiger partial charge in [-0.05, 0) is 12.1 Å². The topological polar surface area (TPSA) is 12.9 Å². The zero-order valence-electron chi connectivity index (χ0n) is 13.3. The van der Waals surface area contributed by atoms with Crippen molar-refractivity contribution in [1.82, 2.24) is 4.98 Å². The van der Waals surface area contributed by atoms with E-state index in [2.05, 4.69) is 25.8 Å². The zero-order chi connectivity index (χ0) is 14.2. The van der Waals surface area contributed by atoms with Gasteiger partial charge in [-0.1, -0.05) is 6.07 Å². The predicted octanol–water partition coefficient (Wildman–Crippen LogP) is 5.70. The van der Waals surface area contributed by atoms with E-state index in [0.29, 0.717) is 0 Å². The summed E-state index contributed by atoms with van der Waals surface area (Å²) in [6.45, 7) is 7.01. The van der Waals surface area contributed by atoms with Crippen molar-refractivity contribution in [3.05, 3.63) is 30.6 Å². The van der Waals surface area contributed by atoms with E-state index in [1.165, 1.54) is 38.5 Å². The van der Waals surface area contributed by atoms with E-state index in [0.717, 1.165) is 0 Å². The molecule has 0 radical (unpaired) electrons. The van der Waals surface area contributed by atoms with Crippen LogP contribution >= 0.6 is 0 Å². The molecule has 0 aliphatic carbocycles. The third kappa shape index (κ3) is 14.2. The Morgan fingerprint density at radius 3 is 1.32 bits per heavy atom. The molecule has 2 heteroatoms. The Bertz CT molecular complexity index is 205. The van der Waals surface area contributed by atoms with Crippen molar-refractivity contribution in [3.63, 3.8) is 0 Å². The quantitative estimate of drug-likeness (QED) is 0.509. The van der Waals surface area contributed by atoms with Gasteiger partial charge in [-0.2, -0.15) is 0 Å². The molecule has 1 rings (SSSR count). The monoisotopic (exact) mass is 371 g/mol. The molecule has 0 N–H and O–H groups in total. The second-order valence-electron chi connectivity index (χ2n) is 5.32. The Labute approximate surface area is 128 Å². The normalized spacial score (nSPS) is 10.1. The average molecular weight is 370 g/mol. The van der Waals surface area contributed by atoms with Gasteiger partial charge < -0.3 is 0 Å². The molecule has 0 unspecified atom stereocenters. The van der Waals surface area contributed by atoms with Gasteiger partial charge in [0.2, 0.25) is 0 Å². The standard InChI is InChI=1S/C5H5N.3C4H9.Sn.H/c1-2-4-6-5-3-1;3*1-3-4-2;;/h1-5H;3*1,3-4H2,2H3;;. The molecule has 0 aliphatic rings. The van der Waals surface area contributed by atoms with Crippen LogP contribution < -0.4 is 0 Å². The Morgan fingerprint density at radius 1 is 0.684 bits per heavy atom. The molecule has 0 bridgehead atoms. The van der Waals surface area contributed by atoms with Crippen molar-refractivity contribution in [2.24, 2.45) is 0 Å². The van der Waals surface area contributed by atoms with Crippen molar-refractivity contribution >= 4 is 19.8 Å². The van der Waals surface area contributed by atoms with E-state index in [1.807, 2.05) is 18.2 Å². The fourth-order valence-corrected chi connectivity index (χ4v) is 13.1. The molecule has 1 aromatic rings. The SMILES string of the molecule is CCC[CH2][SnH]([CH2]CCC)[CH2]CCC.c1ccncc1. The first-order valence-corrected chi connectivity index (χ1v) is 15.2. The molecular formula is C17H33NSn. The van der Waals surface area contributed by atoms with Crippen LogP contribution in [0.1, 0.15) is 59.3 Å². The second-order valence-corrected chi connectivity index (χ2v) is 15.2. The molecule has 0 fully saturated rings. The summed E-state index contributed by atoms with van der Waals surface area (Å²) in [5.41, 5.74) is 0. The van der Waals surface area contributed by atoms with E-state index < -0.39 is 19.8 Å². The molecule has 0 atom stereocenters. The molecular weight excluding hydrogens is 337 g/mol. The van der Waals surface area contributed by atoms with Crippen LogP contribution in [0.2, 0.25) is 13.3 Å². The van der Waals surface area contributed by atoms with Gasteiger partial charge in [0.25, 0.3) is 0 Å². The molecule has 1 aromatic heterocycles. The minimum absolute atomic E-state index is 0.967. The summed E-state index contributed by atoms with van der Waals surface area (Å²) in [5, 5.41) is 0. The van der Waals surface area contributed by atoms with Crippen LogP contribution in [0.25, 0.3) is 0 Å². The number of hydrogen-bond acceptors (Lipinski definition) is 1. The number of hydrogen-bond donors (Lipinski definition) is 0. The summed E-state index contributed by atoms with van der Waals surface area (Å²) >= 11 is -0.967. The van der Waals surface area contributed by atoms with Gasteiger partial charge in [0.1, 0.15) is 0 Å². The Balaban J connectivity index is 0.000000443. The van der Waals surface area contributed by atoms with E-state index in [-0.39, 0.29) is 0 Å². The van der Waals surface area contributed by atoms with E-state index in [4.69, 9.17) is 0 Å². The molecule has 0 amide bonds. The van der Waals surface area contributed by atoms with Crippen LogP contribution in [0.5, 0.6) is 0 Å². The largest absolute Gasteiger partial charge is 0.265 e. The summed E-state index contributed by atoms with van der Waals surface area (Å²) in [4.78, 5) is 3.78. The maximum absolute atomic E-state index is 3.78. The summed E-state index contributed by atoms with van der Waals surface area (Å²) in [5.74, 6) is 0. The van der Waals surface area contributed by atoms with Gasteiger partial charge in [-0.25, -0.2) is 0 Å². The van der Waals surface area contributed by atoms with Crippen LogP contribution in [0.4, 0.5) is 0 Å². The first kappa shape index (κ1) is 18.9. The summed E-state index contributed by atoms with van der Waals surface area (Å²) in [6.07, 6.45) is 12.4. The van der Waals surface area contributed by atoms with Gasteiger partial charge in [0, 0.05) is 12.4 Å².